The van der Waals surface area contributed by atoms with E-state index in [0.29, 0.717) is 17.2 Å². The molecule has 2 rings (SSSR count). The number of carbonyl (C=O) groups is 1. The Bertz CT molecular complexity index is 623. The zero-order valence-electron chi connectivity index (χ0n) is 12.5. The van der Waals surface area contributed by atoms with Crippen molar-refractivity contribution in [2.75, 3.05) is 14.2 Å². The van der Waals surface area contributed by atoms with Crippen molar-refractivity contribution in [2.24, 2.45) is 0 Å². The lowest BCUT2D eigenvalue weighted by atomic mass is 10.1. The van der Waals surface area contributed by atoms with Gasteiger partial charge < -0.3 is 9.47 Å². The van der Waals surface area contributed by atoms with Gasteiger partial charge in [0.25, 0.3) is 0 Å². The molecule has 21 heavy (non-hydrogen) atoms. The molecule has 0 fully saturated rings. The maximum atomic E-state index is 11.1. The normalized spacial score (nSPS) is 10.4. The minimum Gasteiger partial charge on any atom is -0.497 e. The SMILES string of the molecule is CCCCc1c(C=O)nnn1-c1ccc(OC)cc1OC. The third kappa shape index (κ3) is 3.04. The highest BCUT2D eigenvalue weighted by atomic mass is 16.5. The lowest BCUT2D eigenvalue weighted by Gasteiger charge is -2.12. The first-order chi connectivity index (χ1) is 10.2. The van der Waals surface area contributed by atoms with Crippen molar-refractivity contribution in [3.8, 4) is 17.2 Å². The van der Waals surface area contributed by atoms with E-state index in [1.54, 1.807) is 25.0 Å². The molecule has 2 aromatic rings. The Kier molecular flexibility index (Phi) is 4.92. The first-order valence-electron chi connectivity index (χ1n) is 6.87. The summed E-state index contributed by atoms with van der Waals surface area (Å²) in [5.41, 5.74) is 1.92. The number of benzene rings is 1. The first kappa shape index (κ1) is 15.0. The molecule has 1 aromatic carbocycles. The average molecular weight is 289 g/mol. The molecule has 6 nitrogen and oxygen atoms in total. The quantitative estimate of drug-likeness (QED) is 0.732. The van der Waals surface area contributed by atoms with Crippen LogP contribution in [0.15, 0.2) is 18.2 Å². The van der Waals surface area contributed by atoms with E-state index >= 15 is 0 Å². The van der Waals surface area contributed by atoms with Crippen molar-refractivity contribution in [2.45, 2.75) is 26.2 Å². The van der Waals surface area contributed by atoms with E-state index in [4.69, 9.17) is 9.47 Å². The second-order valence-corrected chi connectivity index (χ2v) is 4.59. The number of rotatable bonds is 7. The monoisotopic (exact) mass is 289 g/mol. The molecule has 0 bridgehead atoms. The Labute approximate surface area is 123 Å². The highest BCUT2D eigenvalue weighted by molar-refractivity contribution is 5.73. The molecule has 0 aliphatic rings. The third-order valence-corrected chi connectivity index (χ3v) is 3.29. The van der Waals surface area contributed by atoms with Crippen molar-refractivity contribution >= 4 is 6.29 Å². The van der Waals surface area contributed by atoms with Crippen molar-refractivity contribution in [3.05, 3.63) is 29.6 Å². The van der Waals surface area contributed by atoms with Crippen LogP contribution in [0.2, 0.25) is 0 Å². The van der Waals surface area contributed by atoms with Gasteiger partial charge in [0.05, 0.1) is 19.9 Å². The maximum Gasteiger partial charge on any atom is 0.172 e. The maximum absolute atomic E-state index is 11.1. The summed E-state index contributed by atoms with van der Waals surface area (Å²) in [7, 11) is 3.18. The Morgan fingerprint density at radius 1 is 1.29 bits per heavy atom. The second-order valence-electron chi connectivity index (χ2n) is 4.59. The van der Waals surface area contributed by atoms with E-state index in [1.165, 1.54) is 0 Å². The van der Waals surface area contributed by atoms with Crippen LogP contribution in [0.1, 0.15) is 35.9 Å². The highest BCUT2D eigenvalue weighted by Crippen LogP contribution is 2.28. The fraction of sp³-hybridized carbons (Fsp3) is 0.400. The lowest BCUT2D eigenvalue weighted by molar-refractivity contribution is 0.111. The van der Waals surface area contributed by atoms with Crippen molar-refractivity contribution in [1.82, 2.24) is 15.0 Å². The second kappa shape index (κ2) is 6.88. The Hall–Kier alpha value is -2.37. The average Bonchev–Trinajstić information content (AvgIpc) is 2.94. The predicted molar refractivity (Wildman–Crippen MR) is 78.5 cm³/mol. The summed E-state index contributed by atoms with van der Waals surface area (Å²) in [6, 6.07) is 5.45. The minimum atomic E-state index is 0.376. The van der Waals surface area contributed by atoms with Crippen LogP contribution in [0.4, 0.5) is 0 Å². The number of hydrogen-bond acceptors (Lipinski definition) is 5. The number of aromatic nitrogens is 3. The van der Waals surface area contributed by atoms with Gasteiger partial charge in [0.2, 0.25) is 0 Å². The molecule has 0 saturated heterocycles. The molecule has 0 amide bonds. The van der Waals surface area contributed by atoms with Crippen LogP contribution >= 0.6 is 0 Å². The van der Waals surface area contributed by atoms with Gasteiger partial charge in [-0.1, -0.05) is 18.6 Å². The van der Waals surface area contributed by atoms with Crippen LogP contribution in [0.25, 0.3) is 5.69 Å². The van der Waals surface area contributed by atoms with Crippen molar-refractivity contribution in [1.29, 1.82) is 0 Å². The van der Waals surface area contributed by atoms with E-state index < -0.39 is 0 Å². The van der Waals surface area contributed by atoms with Crippen LogP contribution in [0.3, 0.4) is 0 Å². The van der Waals surface area contributed by atoms with E-state index in [1.807, 2.05) is 12.1 Å². The summed E-state index contributed by atoms with van der Waals surface area (Å²) >= 11 is 0. The summed E-state index contributed by atoms with van der Waals surface area (Å²) < 4.78 is 12.2. The molecule has 0 N–H and O–H groups in total. The van der Waals surface area contributed by atoms with Gasteiger partial charge in [-0.2, -0.15) is 0 Å². The lowest BCUT2D eigenvalue weighted by Crippen LogP contribution is -2.06. The van der Waals surface area contributed by atoms with E-state index in [2.05, 4.69) is 17.2 Å². The van der Waals surface area contributed by atoms with Crippen LogP contribution in [-0.4, -0.2) is 35.5 Å². The molecule has 0 aliphatic carbocycles. The summed E-state index contributed by atoms with van der Waals surface area (Å²) in [6.07, 6.45) is 3.48. The Morgan fingerprint density at radius 3 is 2.71 bits per heavy atom. The molecule has 0 aliphatic heterocycles. The first-order valence-corrected chi connectivity index (χ1v) is 6.87. The number of methoxy groups -OCH3 is 2. The van der Waals surface area contributed by atoms with Crippen LogP contribution < -0.4 is 9.47 Å². The molecule has 0 spiro atoms. The zero-order valence-corrected chi connectivity index (χ0v) is 12.5. The van der Waals surface area contributed by atoms with Gasteiger partial charge in [-0.15, -0.1) is 5.10 Å². The summed E-state index contributed by atoms with van der Waals surface area (Å²) in [4.78, 5) is 11.1. The van der Waals surface area contributed by atoms with Gasteiger partial charge in [-0.25, -0.2) is 4.68 Å². The molecule has 112 valence electrons. The number of hydrogen-bond donors (Lipinski definition) is 0. The topological polar surface area (TPSA) is 66.2 Å². The fourth-order valence-electron chi connectivity index (χ4n) is 2.14. The molecule has 0 saturated carbocycles. The van der Waals surface area contributed by atoms with Gasteiger partial charge in [-0.3, -0.25) is 4.79 Å². The van der Waals surface area contributed by atoms with Gasteiger partial charge in [0.1, 0.15) is 22.9 Å². The highest BCUT2D eigenvalue weighted by Gasteiger charge is 2.16. The Morgan fingerprint density at radius 2 is 2.10 bits per heavy atom. The van der Waals surface area contributed by atoms with Gasteiger partial charge in [-0.05, 0) is 25.0 Å². The molecule has 0 unspecified atom stereocenters. The smallest absolute Gasteiger partial charge is 0.172 e. The number of nitrogens with zero attached hydrogens (tertiary/aromatic N) is 3. The van der Waals surface area contributed by atoms with Crippen LogP contribution in [0.5, 0.6) is 11.5 Å². The summed E-state index contributed by atoms with van der Waals surface area (Å²) in [5, 5.41) is 8.03. The molecule has 0 radical (unpaired) electrons. The summed E-state index contributed by atoms with van der Waals surface area (Å²) in [6.45, 7) is 2.10. The molecule has 0 atom stereocenters. The van der Waals surface area contributed by atoms with Crippen molar-refractivity contribution in [3.63, 3.8) is 0 Å². The fourth-order valence-corrected chi connectivity index (χ4v) is 2.14. The minimum absolute atomic E-state index is 0.376. The number of carbonyl (C=O) groups excluding carboxylic acids is 1. The summed E-state index contributed by atoms with van der Waals surface area (Å²) in [5.74, 6) is 1.32. The largest absolute Gasteiger partial charge is 0.497 e. The predicted octanol–water partition coefficient (Wildman–Crippen LogP) is 2.44. The number of aldehydes is 1. The molecule has 1 aromatic heterocycles. The number of unbranched alkanes of at least 4 members (excludes halogenated alkanes) is 1. The molecule has 1 heterocycles. The molecular formula is C15H19N3O3. The number of ether oxygens (including phenoxy) is 2. The molecule has 6 heteroatoms. The van der Waals surface area contributed by atoms with E-state index in [9.17, 15) is 4.79 Å². The van der Waals surface area contributed by atoms with Gasteiger partial charge >= 0.3 is 0 Å². The van der Waals surface area contributed by atoms with E-state index in [0.717, 1.165) is 36.9 Å². The third-order valence-electron chi connectivity index (χ3n) is 3.29. The van der Waals surface area contributed by atoms with Gasteiger partial charge in [0, 0.05) is 6.07 Å². The van der Waals surface area contributed by atoms with Crippen molar-refractivity contribution < 1.29 is 14.3 Å². The van der Waals surface area contributed by atoms with Crippen LogP contribution in [0, 0.1) is 0 Å². The van der Waals surface area contributed by atoms with Crippen LogP contribution in [-0.2, 0) is 6.42 Å². The van der Waals surface area contributed by atoms with Gasteiger partial charge in [0.15, 0.2) is 6.29 Å². The Balaban J connectivity index is 2.50. The standard InChI is InChI=1S/C15H19N3O3/c1-4-5-6-13-12(10-19)16-17-18(13)14-8-7-11(20-2)9-15(14)21-3/h7-10H,4-6H2,1-3H3. The van der Waals surface area contributed by atoms with E-state index in [-0.39, 0.29) is 0 Å². The molecular weight excluding hydrogens is 270 g/mol. The zero-order chi connectivity index (χ0) is 15.2.